The Morgan fingerprint density at radius 1 is 0.978 bits per heavy atom. The average molecular weight is 650 g/mol. The van der Waals surface area contributed by atoms with Crippen LogP contribution in [0.2, 0.25) is 5.04 Å². The molecule has 1 aromatic carbocycles. The van der Waals surface area contributed by atoms with Gasteiger partial charge < -0.3 is 9.16 Å². The molecule has 0 saturated carbocycles. The van der Waals surface area contributed by atoms with Gasteiger partial charge in [-0.2, -0.15) is 5.10 Å². The fourth-order valence-corrected chi connectivity index (χ4v) is 6.58. The number of hydrogen-bond acceptors (Lipinski definition) is 6. The van der Waals surface area contributed by atoms with E-state index >= 15 is 0 Å². The van der Waals surface area contributed by atoms with Crippen LogP contribution >= 0.6 is 0 Å². The lowest BCUT2D eigenvalue weighted by Gasteiger charge is -2.29. The van der Waals surface area contributed by atoms with Crippen LogP contribution in [-0.2, 0) is 21.0 Å². The maximum absolute atomic E-state index is 13.0. The van der Waals surface area contributed by atoms with E-state index in [1.165, 1.54) is 0 Å². The molecule has 0 spiro atoms. The number of rotatable bonds is 12. The number of ether oxygens (including phenoxy) is 1. The van der Waals surface area contributed by atoms with Crippen molar-refractivity contribution in [3.63, 3.8) is 0 Å². The second-order valence-corrected chi connectivity index (χ2v) is 19.4. The number of benzene rings is 1. The molecule has 1 N–H and O–H groups in total. The lowest BCUT2D eigenvalue weighted by Crippen LogP contribution is -2.36. The van der Waals surface area contributed by atoms with E-state index in [4.69, 9.17) is 24.2 Å². The zero-order valence-electron chi connectivity index (χ0n) is 28.9. The molecule has 244 valence electrons. The third-order valence-corrected chi connectivity index (χ3v) is 10.6. The largest absolute Gasteiger partial charge is 0.490 e. The normalized spacial score (nSPS) is 14.5. The number of hydrogen-bond donors (Lipinski definition) is 1. The van der Waals surface area contributed by atoms with Gasteiger partial charge in [-0.15, -0.1) is 0 Å². The Kier molecular flexibility index (Phi) is 10.7. The first kappa shape index (κ1) is 34.9. The van der Waals surface area contributed by atoms with Crippen molar-refractivity contribution < 1.29 is 13.4 Å². The fraction of sp³-hybridized carbons (Fsp3) is 0.514. The highest BCUT2D eigenvalue weighted by Gasteiger charge is 2.27. The second kappa shape index (κ2) is 13.8. The van der Waals surface area contributed by atoms with E-state index in [9.17, 15) is 4.21 Å². The lowest BCUT2D eigenvalue weighted by atomic mass is 10.0. The van der Waals surface area contributed by atoms with E-state index in [2.05, 4.69) is 52.3 Å². The number of fused-ring (bicyclic) bond motifs is 1. The first-order valence-corrected chi connectivity index (χ1v) is 18.4. The van der Waals surface area contributed by atoms with Crippen LogP contribution in [0.1, 0.15) is 106 Å². The summed E-state index contributed by atoms with van der Waals surface area (Å²) in [6.07, 6.45) is 3.58. The van der Waals surface area contributed by atoms with E-state index < -0.39 is 26.3 Å². The van der Waals surface area contributed by atoms with Crippen LogP contribution in [0.5, 0.6) is 5.75 Å². The molecular formula is C35H51N5O3SSi. The Labute approximate surface area is 274 Å². The molecule has 0 aliphatic heterocycles. The van der Waals surface area contributed by atoms with Crippen molar-refractivity contribution in [2.75, 3.05) is 0 Å². The topological polar surface area (TPSA) is 91.2 Å². The molecular weight excluding hydrogens is 599 g/mol. The van der Waals surface area contributed by atoms with Gasteiger partial charge in [0.2, 0.25) is 0 Å². The van der Waals surface area contributed by atoms with Crippen molar-refractivity contribution in [1.29, 1.82) is 0 Å². The molecule has 45 heavy (non-hydrogen) atoms. The van der Waals surface area contributed by atoms with E-state index in [0.29, 0.717) is 5.82 Å². The Balaban J connectivity index is 1.79. The highest BCUT2D eigenvalue weighted by molar-refractivity contribution is 7.84. The summed E-state index contributed by atoms with van der Waals surface area (Å²) in [5, 5.41) is 5.86. The van der Waals surface area contributed by atoms with Gasteiger partial charge in [0, 0.05) is 5.56 Å². The highest BCUT2D eigenvalue weighted by atomic mass is 32.2. The predicted octanol–water partition coefficient (Wildman–Crippen LogP) is 7.72. The van der Waals surface area contributed by atoms with Gasteiger partial charge in [-0.25, -0.2) is 18.6 Å². The zero-order valence-corrected chi connectivity index (χ0v) is 31.1. The summed E-state index contributed by atoms with van der Waals surface area (Å²) in [5.41, 5.74) is 3.81. The van der Waals surface area contributed by atoms with Crippen LogP contribution in [0.3, 0.4) is 0 Å². The smallest absolute Gasteiger partial charge is 0.168 e. The van der Waals surface area contributed by atoms with Crippen molar-refractivity contribution in [2.24, 2.45) is 0 Å². The summed E-state index contributed by atoms with van der Waals surface area (Å²) in [6.45, 7) is 22.9. The predicted molar refractivity (Wildman–Crippen MR) is 189 cm³/mol. The quantitative estimate of drug-likeness (QED) is 0.158. The number of nitrogens with zero attached hydrogens (tertiary/aromatic N) is 4. The lowest BCUT2D eigenvalue weighted by molar-refractivity contribution is 0.104. The number of pyridine rings is 2. The minimum absolute atomic E-state index is 0.0250. The first-order chi connectivity index (χ1) is 21.0. The Hall–Kier alpha value is -2.92. The molecule has 4 aromatic rings. The van der Waals surface area contributed by atoms with Gasteiger partial charge >= 0.3 is 0 Å². The van der Waals surface area contributed by atoms with Crippen LogP contribution in [0.15, 0.2) is 54.7 Å². The summed E-state index contributed by atoms with van der Waals surface area (Å²) in [4.78, 5) is 10.1. The van der Waals surface area contributed by atoms with Crippen LogP contribution in [-0.4, -0.2) is 44.6 Å². The van der Waals surface area contributed by atoms with Crippen LogP contribution in [0.4, 0.5) is 0 Å². The van der Waals surface area contributed by atoms with Gasteiger partial charge in [-0.3, -0.25) is 4.98 Å². The monoisotopic (exact) mass is 649 g/mol. The van der Waals surface area contributed by atoms with Crippen LogP contribution in [0.25, 0.3) is 28.0 Å². The molecule has 8 nitrogen and oxygen atoms in total. The van der Waals surface area contributed by atoms with Crippen molar-refractivity contribution in [2.45, 2.75) is 117 Å². The van der Waals surface area contributed by atoms with Crippen LogP contribution in [0, 0.1) is 0 Å². The average Bonchev–Trinajstić information content (AvgIpc) is 3.39. The molecule has 0 bridgehead atoms. The maximum Gasteiger partial charge on any atom is 0.168 e. The minimum atomic E-state index is -1.22. The van der Waals surface area contributed by atoms with Gasteiger partial charge in [0.05, 0.1) is 67.7 Å². The summed E-state index contributed by atoms with van der Waals surface area (Å²) in [5.74, 6) is 1.45. The molecule has 3 aromatic heterocycles. The van der Waals surface area contributed by atoms with Crippen molar-refractivity contribution in [3.8, 4) is 22.8 Å². The van der Waals surface area contributed by atoms with Gasteiger partial charge in [-0.05, 0) is 96.3 Å². The van der Waals surface area contributed by atoms with Gasteiger partial charge in [0.25, 0.3) is 0 Å². The second-order valence-electron chi connectivity index (χ2n) is 14.7. The zero-order chi connectivity index (χ0) is 33.2. The summed E-state index contributed by atoms with van der Waals surface area (Å²) in [7, 11) is -2.00. The molecule has 2 atom stereocenters. The van der Waals surface area contributed by atoms with Crippen molar-refractivity contribution in [1.82, 2.24) is 24.5 Å². The minimum Gasteiger partial charge on any atom is -0.490 e. The van der Waals surface area contributed by atoms with Gasteiger partial charge in [0.1, 0.15) is 5.75 Å². The molecule has 1 unspecified atom stereocenters. The summed E-state index contributed by atoms with van der Waals surface area (Å²) in [6, 6.07) is 16.0. The van der Waals surface area contributed by atoms with E-state index in [1.807, 2.05) is 88.0 Å². The SMILES string of the molecule is CCC[C@H](NS(=O)C(C)(C)C)c1cccc(-c2cc(OC(C)C)c3cnn(-c4cccc(C(C)(C)O[SiH2]C(C)(C)C)n4)c3c2)n1. The molecule has 0 radical (unpaired) electrons. The third kappa shape index (κ3) is 8.87. The fourth-order valence-electron chi connectivity index (χ4n) is 4.79. The summed E-state index contributed by atoms with van der Waals surface area (Å²) >= 11 is 0. The number of nitrogens with one attached hydrogen (secondary N) is 1. The van der Waals surface area contributed by atoms with Gasteiger partial charge in [-0.1, -0.05) is 46.2 Å². The molecule has 0 aliphatic rings. The Morgan fingerprint density at radius 2 is 1.69 bits per heavy atom. The Morgan fingerprint density at radius 3 is 2.33 bits per heavy atom. The third-order valence-electron chi connectivity index (χ3n) is 7.25. The molecule has 0 aliphatic carbocycles. The Bertz CT molecular complexity index is 1640. The molecule has 10 heteroatoms. The molecule has 0 saturated heterocycles. The molecule has 3 heterocycles. The van der Waals surface area contributed by atoms with Crippen LogP contribution < -0.4 is 9.46 Å². The molecule has 4 rings (SSSR count). The van der Waals surface area contributed by atoms with E-state index in [1.54, 1.807) is 0 Å². The maximum atomic E-state index is 13.0. The van der Waals surface area contributed by atoms with E-state index in [0.717, 1.165) is 52.1 Å². The standard InChI is InChI=1S/C35H51N5O3SSi/c1-12-15-28(39-44(41)33(4,5)6)27-17-13-16-26(37-27)24-20-29-25(30(21-24)42-23(2)3)22-36-40(29)32-19-14-18-31(38-32)35(10,11)43-45-34(7,8)9/h13-14,16-23,28,39H,12,15,45H2,1-11H3/t28-,44?/m0/s1. The van der Waals surface area contributed by atoms with Crippen molar-refractivity contribution in [3.05, 3.63) is 66.1 Å². The first-order valence-electron chi connectivity index (χ1n) is 15.9. The molecule has 0 amide bonds. The van der Waals surface area contributed by atoms with E-state index in [-0.39, 0.29) is 21.9 Å². The molecule has 0 fully saturated rings. The highest BCUT2D eigenvalue weighted by Crippen LogP contribution is 2.35. The summed E-state index contributed by atoms with van der Waals surface area (Å²) < 4.78 is 30.6. The number of aromatic nitrogens is 4. The van der Waals surface area contributed by atoms with Gasteiger partial charge in [0.15, 0.2) is 15.6 Å². The van der Waals surface area contributed by atoms with Crippen molar-refractivity contribution >= 4 is 31.7 Å².